The molecule has 0 aliphatic carbocycles. The van der Waals surface area contributed by atoms with Gasteiger partial charge >= 0.3 is 0 Å². The normalized spacial score (nSPS) is 15.4. The smallest absolute Gasteiger partial charge is 0.240 e. The molecule has 8 heteroatoms. The van der Waals surface area contributed by atoms with Crippen molar-refractivity contribution in [2.24, 2.45) is 0 Å². The van der Waals surface area contributed by atoms with Gasteiger partial charge in [0.15, 0.2) is 5.13 Å². The Kier molecular flexibility index (Phi) is 8.47. The zero-order valence-electron chi connectivity index (χ0n) is 10.1. The van der Waals surface area contributed by atoms with E-state index >= 15 is 0 Å². The lowest BCUT2D eigenvalue weighted by Gasteiger charge is -2.26. The van der Waals surface area contributed by atoms with Gasteiger partial charge in [0.1, 0.15) is 0 Å². The third kappa shape index (κ3) is 5.49. The quantitative estimate of drug-likeness (QED) is 0.879. The molecule has 1 saturated heterocycles. The number of aromatic nitrogens is 1. The Morgan fingerprint density at radius 1 is 1.50 bits per heavy atom. The topological polar surface area (TPSA) is 57.3 Å². The van der Waals surface area contributed by atoms with Gasteiger partial charge in [0.2, 0.25) is 5.91 Å². The molecule has 0 spiro atoms. The van der Waals surface area contributed by atoms with Gasteiger partial charge in [0, 0.05) is 31.6 Å². The number of hydrogen-bond acceptors (Lipinski definition) is 5. The number of rotatable bonds is 3. The molecule has 2 rings (SSSR count). The maximum absolute atomic E-state index is 11.7. The summed E-state index contributed by atoms with van der Waals surface area (Å²) in [5, 5.41) is 8.70. The van der Waals surface area contributed by atoms with Crippen LogP contribution in [0.1, 0.15) is 5.69 Å². The van der Waals surface area contributed by atoms with E-state index in [0.29, 0.717) is 11.7 Å². The van der Waals surface area contributed by atoms with Crippen LogP contribution in [0.4, 0.5) is 5.13 Å². The Labute approximate surface area is 123 Å². The van der Waals surface area contributed by atoms with Gasteiger partial charge < -0.3 is 10.6 Å². The average molecular weight is 313 g/mol. The molecular weight excluding hydrogens is 295 g/mol. The fourth-order valence-electron chi connectivity index (χ4n) is 1.64. The Bertz CT molecular complexity index is 369. The van der Waals surface area contributed by atoms with Crippen LogP contribution in [-0.2, 0) is 4.79 Å². The molecule has 0 aromatic carbocycles. The van der Waals surface area contributed by atoms with Crippen LogP contribution in [0.3, 0.4) is 0 Å². The highest BCUT2D eigenvalue weighted by atomic mass is 35.5. The standard InChI is InChI=1S/C10H16N4OS.2ClH/c1-8-7-16-10(12-8)13-9(15)6-14-4-2-11-3-5-14;;/h7,11H,2-6H2,1H3,(H,12,13,15);2*1H. The van der Waals surface area contributed by atoms with Crippen molar-refractivity contribution in [3.63, 3.8) is 0 Å². The van der Waals surface area contributed by atoms with Gasteiger partial charge in [-0.2, -0.15) is 0 Å². The minimum atomic E-state index is 0. The van der Waals surface area contributed by atoms with E-state index in [1.165, 1.54) is 11.3 Å². The highest BCUT2D eigenvalue weighted by Crippen LogP contribution is 2.14. The van der Waals surface area contributed by atoms with Crippen LogP contribution in [0.5, 0.6) is 0 Å². The van der Waals surface area contributed by atoms with Crippen LogP contribution >= 0.6 is 36.2 Å². The predicted octanol–water partition coefficient (Wildman–Crippen LogP) is 1.14. The lowest BCUT2D eigenvalue weighted by Crippen LogP contribution is -2.46. The summed E-state index contributed by atoms with van der Waals surface area (Å²) in [6.07, 6.45) is 0. The van der Waals surface area contributed by atoms with E-state index in [0.717, 1.165) is 31.9 Å². The summed E-state index contributed by atoms with van der Waals surface area (Å²) in [7, 11) is 0. The van der Waals surface area contributed by atoms with Crippen LogP contribution in [0.15, 0.2) is 5.38 Å². The van der Waals surface area contributed by atoms with E-state index in [-0.39, 0.29) is 30.7 Å². The number of anilines is 1. The van der Waals surface area contributed by atoms with E-state index in [4.69, 9.17) is 0 Å². The summed E-state index contributed by atoms with van der Waals surface area (Å²) in [5.74, 6) is 0.0243. The van der Waals surface area contributed by atoms with E-state index < -0.39 is 0 Å². The fourth-order valence-corrected chi connectivity index (χ4v) is 2.35. The van der Waals surface area contributed by atoms with Gasteiger partial charge in [0.25, 0.3) is 0 Å². The number of piperazine rings is 1. The lowest BCUT2D eigenvalue weighted by atomic mass is 10.3. The number of aryl methyl sites for hydroxylation is 1. The first-order valence-electron chi connectivity index (χ1n) is 5.39. The van der Waals surface area contributed by atoms with Crippen molar-refractivity contribution in [2.45, 2.75) is 6.92 Å². The highest BCUT2D eigenvalue weighted by Gasteiger charge is 2.14. The van der Waals surface area contributed by atoms with Crippen LogP contribution in [0.25, 0.3) is 0 Å². The number of hydrogen-bond donors (Lipinski definition) is 2. The molecule has 1 fully saturated rings. The van der Waals surface area contributed by atoms with Crippen molar-refractivity contribution in [3.05, 3.63) is 11.1 Å². The number of amides is 1. The Morgan fingerprint density at radius 2 is 2.17 bits per heavy atom. The molecule has 1 aliphatic heterocycles. The molecule has 0 atom stereocenters. The van der Waals surface area contributed by atoms with Gasteiger partial charge in [-0.25, -0.2) is 4.98 Å². The molecule has 0 unspecified atom stereocenters. The van der Waals surface area contributed by atoms with Gasteiger partial charge in [0.05, 0.1) is 12.2 Å². The summed E-state index contributed by atoms with van der Waals surface area (Å²) in [5.41, 5.74) is 0.947. The molecule has 2 heterocycles. The summed E-state index contributed by atoms with van der Waals surface area (Å²) < 4.78 is 0. The monoisotopic (exact) mass is 312 g/mol. The zero-order valence-corrected chi connectivity index (χ0v) is 12.6. The maximum atomic E-state index is 11.7. The molecule has 18 heavy (non-hydrogen) atoms. The van der Waals surface area contributed by atoms with Crippen LogP contribution in [0, 0.1) is 6.92 Å². The summed E-state index contributed by atoms with van der Waals surface area (Å²) >= 11 is 1.47. The number of carbonyl (C=O) groups is 1. The number of thiazole rings is 1. The fraction of sp³-hybridized carbons (Fsp3) is 0.600. The first kappa shape index (κ1) is 17.6. The molecule has 5 nitrogen and oxygen atoms in total. The molecule has 0 saturated carbocycles. The first-order valence-corrected chi connectivity index (χ1v) is 6.27. The molecule has 1 aliphatic rings. The molecule has 1 aromatic rings. The van der Waals surface area contributed by atoms with Gasteiger partial charge in [-0.1, -0.05) is 0 Å². The zero-order chi connectivity index (χ0) is 11.4. The number of nitrogens with one attached hydrogen (secondary N) is 2. The average Bonchev–Trinajstić information content (AvgIpc) is 2.65. The maximum Gasteiger partial charge on any atom is 0.240 e. The second kappa shape index (κ2) is 8.66. The predicted molar refractivity (Wildman–Crippen MR) is 79.3 cm³/mol. The second-order valence-corrected chi connectivity index (χ2v) is 4.73. The minimum absolute atomic E-state index is 0. The number of carbonyl (C=O) groups excluding carboxylic acids is 1. The van der Waals surface area contributed by atoms with Crippen LogP contribution in [0.2, 0.25) is 0 Å². The molecule has 1 aromatic heterocycles. The summed E-state index contributed by atoms with van der Waals surface area (Å²) in [6, 6.07) is 0. The van der Waals surface area contributed by atoms with Crippen molar-refractivity contribution < 1.29 is 4.79 Å². The van der Waals surface area contributed by atoms with Crippen molar-refractivity contribution in [3.8, 4) is 0 Å². The lowest BCUT2D eigenvalue weighted by molar-refractivity contribution is -0.117. The molecular formula is C10H18Cl2N4OS. The summed E-state index contributed by atoms with van der Waals surface area (Å²) in [4.78, 5) is 18.0. The van der Waals surface area contributed by atoms with Crippen molar-refractivity contribution in [1.29, 1.82) is 0 Å². The first-order chi connectivity index (χ1) is 7.74. The van der Waals surface area contributed by atoms with Gasteiger partial charge in [-0.05, 0) is 6.92 Å². The van der Waals surface area contributed by atoms with E-state index in [9.17, 15) is 4.79 Å². The Balaban J connectivity index is 0.00000144. The van der Waals surface area contributed by atoms with E-state index in [1.807, 2.05) is 12.3 Å². The number of halogens is 2. The van der Waals surface area contributed by atoms with Crippen molar-refractivity contribution >= 4 is 47.2 Å². The molecule has 2 N–H and O–H groups in total. The van der Waals surface area contributed by atoms with E-state index in [2.05, 4.69) is 20.5 Å². The third-order valence-electron chi connectivity index (χ3n) is 2.44. The molecule has 1 amide bonds. The van der Waals surface area contributed by atoms with E-state index in [1.54, 1.807) is 0 Å². The summed E-state index contributed by atoms with van der Waals surface area (Å²) in [6.45, 7) is 6.17. The SMILES string of the molecule is Cc1csc(NC(=O)CN2CCNCC2)n1.Cl.Cl. The molecule has 0 bridgehead atoms. The molecule has 0 radical (unpaired) electrons. The van der Waals surface area contributed by atoms with Crippen molar-refractivity contribution in [1.82, 2.24) is 15.2 Å². The second-order valence-electron chi connectivity index (χ2n) is 3.87. The number of nitrogens with zero attached hydrogens (tertiary/aromatic N) is 2. The van der Waals surface area contributed by atoms with Crippen LogP contribution < -0.4 is 10.6 Å². The largest absolute Gasteiger partial charge is 0.314 e. The van der Waals surface area contributed by atoms with Gasteiger partial charge in [-0.15, -0.1) is 36.2 Å². The van der Waals surface area contributed by atoms with Gasteiger partial charge in [-0.3, -0.25) is 9.69 Å². The minimum Gasteiger partial charge on any atom is -0.314 e. The van der Waals surface area contributed by atoms with Crippen LogP contribution in [-0.4, -0.2) is 48.5 Å². The van der Waals surface area contributed by atoms with Crippen molar-refractivity contribution in [2.75, 3.05) is 38.0 Å². The Morgan fingerprint density at radius 3 is 2.72 bits per heavy atom. The Hall–Kier alpha value is -0.400. The highest BCUT2D eigenvalue weighted by molar-refractivity contribution is 7.13. The third-order valence-corrected chi connectivity index (χ3v) is 3.32. The molecule has 104 valence electrons.